The fourth-order valence-corrected chi connectivity index (χ4v) is 2.05. The summed E-state index contributed by atoms with van der Waals surface area (Å²) in [6, 6.07) is 9.90. The number of esters is 1. The zero-order valence-electron chi connectivity index (χ0n) is 9.72. The third-order valence-electron chi connectivity index (χ3n) is 3.06. The average molecular weight is 232 g/mol. The Morgan fingerprint density at radius 2 is 2.06 bits per heavy atom. The Labute approximate surface area is 101 Å². The summed E-state index contributed by atoms with van der Waals surface area (Å²) < 4.78 is 5.19. The van der Waals surface area contributed by atoms with E-state index >= 15 is 0 Å². The van der Waals surface area contributed by atoms with E-state index in [4.69, 9.17) is 4.74 Å². The highest BCUT2D eigenvalue weighted by molar-refractivity contribution is 5.87. The van der Waals surface area contributed by atoms with Crippen LogP contribution in [0.1, 0.15) is 24.8 Å². The molecule has 1 aromatic rings. The van der Waals surface area contributed by atoms with Crippen molar-refractivity contribution in [1.29, 1.82) is 0 Å². The summed E-state index contributed by atoms with van der Waals surface area (Å²) in [5.41, 5.74) is 1.16. The number of ketones is 1. The Balaban J connectivity index is 1.72. The number of hydrogen-bond acceptors (Lipinski definition) is 3. The van der Waals surface area contributed by atoms with E-state index in [0.717, 1.165) is 12.0 Å². The van der Waals surface area contributed by atoms with Gasteiger partial charge in [0.05, 0.1) is 12.5 Å². The molecular weight excluding hydrogens is 216 g/mol. The zero-order valence-corrected chi connectivity index (χ0v) is 9.72. The summed E-state index contributed by atoms with van der Waals surface area (Å²) in [7, 11) is 0. The molecule has 1 aromatic carbocycles. The summed E-state index contributed by atoms with van der Waals surface area (Å²) in [6.07, 6.45) is 2.28. The molecule has 3 heteroatoms. The predicted octanol–water partition coefficient (Wildman–Crippen LogP) is 2.14. The maximum Gasteiger partial charge on any atom is 0.309 e. The van der Waals surface area contributed by atoms with Gasteiger partial charge < -0.3 is 4.74 Å². The van der Waals surface area contributed by atoms with Crippen LogP contribution in [0.15, 0.2) is 30.3 Å². The van der Waals surface area contributed by atoms with Gasteiger partial charge in [0.25, 0.3) is 0 Å². The van der Waals surface area contributed by atoms with Crippen molar-refractivity contribution in [3.8, 4) is 0 Å². The highest BCUT2D eigenvalue weighted by Crippen LogP contribution is 2.23. The molecule has 1 unspecified atom stereocenters. The van der Waals surface area contributed by atoms with Gasteiger partial charge in [-0.15, -0.1) is 0 Å². The standard InChI is InChI=1S/C14H16O3/c15-13-7-6-12(10-13)14(16)17-9-8-11-4-2-1-3-5-11/h1-5,12H,6-10H2. The van der Waals surface area contributed by atoms with Gasteiger partial charge in [0.2, 0.25) is 0 Å². The molecule has 17 heavy (non-hydrogen) atoms. The lowest BCUT2D eigenvalue weighted by Crippen LogP contribution is -2.16. The van der Waals surface area contributed by atoms with Gasteiger partial charge in [-0.2, -0.15) is 0 Å². The van der Waals surface area contributed by atoms with Gasteiger partial charge in [-0.05, 0) is 12.0 Å². The van der Waals surface area contributed by atoms with Crippen LogP contribution in [0.3, 0.4) is 0 Å². The average Bonchev–Trinajstić information content (AvgIpc) is 2.77. The van der Waals surface area contributed by atoms with Gasteiger partial charge >= 0.3 is 5.97 Å². The van der Waals surface area contributed by atoms with Crippen molar-refractivity contribution in [2.75, 3.05) is 6.61 Å². The summed E-state index contributed by atoms with van der Waals surface area (Å²) >= 11 is 0. The maximum absolute atomic E-state index is 11.6. The van der Waals surface area contributed by atoms with Crippen LogP contribution in [0.25, 0.3) is 0 Å². The third-order valence-corrected chi connectivity index (χ3v) is 3.06. The van der Waals surface area contributed by atoms with Gasteiger partial charge in [0.15, 0.2) is 0 Å². The minimum Gasteiger partial charge on any atom is -0.465 e. The van der Waals surface area contributed by atoms with Crippen LogP contribution in [-0.4, -0.2) is 18.4 Å². The maximum atomic E-state index is 11.6. The largest absolute Gasteiger partial charge is 0.465 e. The smallest absolute Gasteiger partial charge is 0.309 e. The summed E-state index contributed by atoms with van der Waals surface area (Å²) in [5.74, 6) is -0.236. The topological polar surface area (TPSA) is 43.4 Å². The first kappa shape index (κ1) is 11.8. The van der Waals surface area contributed by atoms with Crippen LogP contribution in [0.4, 0.5) is 0 Å². The lowest BCUT2D eigenvalue weighted by molar-refractivity contribution is -0.148. The molecule has 1 aliphatic rings. The SMILES string of the molecule is O=C1CCC(C(=O)OCCc2ccccc2)C1. The lowest BCUT2D eigenvalue weighted by Gasteiger charge is -2.08. The zero-order chi connectivity index (χ0) is 12.1. The molecule has 0 heterocycles. The van der Waals surface area contributed by atoms with Crippen LogP contribution in [0, 0.1) is 5.92 Å². The molecule has 0 bridgehead atoms. The molecule has 2 rings (SSSR count). The van der Waals surface area contributed by atoms with Crippen LogP contribution >= 0.6 is 0 Å². The minimum absolute atomic E-state index is 0.176. The van der Waals surface area contributed by atoms with Crippen molar-refractivity contribution in [2.45, 2.75) is 25.7 Å². The van der Waals surface area contributed by atoms with Crippen LogP contribution in [0.2, 0.25) is 0 Å². The Hall–Kier alpha value is -1.64. The Morgan fingerprint density at radius 3 is 2.71 bits per heavy atom. The first-order valence-electron chi connectivity index (χ1n) is 5.98. The van der Waals surface area contributed by atoms with Crippen LogP contribution in [-0.2, 0) is 20.7 Å². The highest BCUT2D eigenvalue weighted by Gasteiger charge is 2.29. The number of carbonyl (C=O) groups is 2. The summed E-state index contributed by atoms with van der Waals surface area (Å²) in [6.45, 7) is 0.396. The van der Waals surface area contributed by atoms with Gasteiger partial charge in [-0.25, -0.2) is 0 Å². The first-order valence-corrected chi connectivity index (χ1v) is 5.98. The van der Waals surface area contributed by atoms with E-state index in [1.165, 1.54) is 0 Å². The quantitative estimate of drug-likeness (QED) is 0.747. The summed E-state index contributed by atoms with van der Waals surface area (Å²) in [4.78, 5) is 22.7. The fourth-order valence-electron chi connectivity index (χ4n) is 2.05. The first-order chi connectivity index (χ1) is 8.25. The Morgan fingerprint density at radius 1 is 1.29 bits per heavy atom. The Bertz CT molecular complexity index is 397. The molecule has 1 fully saturated rings. The number of ether oxygens (including phenoxy) is 1. The molecule has 1 saturated carbocycles. The molecule has 0 saturated heterocycles. The fraction of sp³-hybridized carbons (Fsp3) is 0.429. The molecule has 0 amide bonds. The van der Waals surface area contributed by atoms with E-state index in [9.17, 15) is 9.59 Å². The van der Waals surface area contributed by atoms with Gasteiger partial charge in [-0.1, -0.05) is 30.3 Å². The normalized spacial score (nSPS) is 19.3. The van der Waals surface area contributed by atoms with Gasteiger partial charge in [0.1, 0.15) is 5.78 Å². The molecule has 0 aliphatic heterocycles. The molecule has 0 aromatic heterocycles. The van der Waals surface area contributed by atoms with E-state index in [1.54, 1.807) is 0 Å². The van der Waals surface area contributed by atoms with Gasteiger partial charge in [0, 0.05) is 19.3 Å². The van der Waals surface area contributed by atoms with Gasteiger partial charge in [-0.3, -0.25) is 9.59 Å². The van der Waals surface area contributed by atoms with E-state index in [-0.39, 0.29) is 17.7 Å². The molecular formula is C14H16O3. The van der Waals surface area contributed by atoms with Crippen molar-refractivity contribution in [3.05, 3.63) is 35.9 Å². The molecule has 0 N–H and O–H groups in total. The van der Waals surface area contributed by atoms with Crippen LogP contribution < -0.4 is 0 Å². The highest BCUT2D eigenvalue weighted by atomic mass is 16.5. The monoisotopic (exact) mass is 232 g/mol. The number of benzene rings is 1. The molecule has 0 spiro atoms. The second-order valence-corrected chi connectivity index (χ2v) is 4.38. The van der Waals surface area contributed by atoms with Crippen molar-refractivity contribution >= 4 is 11.8 Å². The molecule has 3 nitrogen and oxygen atoms in total. The van der Waals surface area contributed by atoms with E-state index in [2.05, 4.69) is 0 Å². The van der Waals surface area contributed by atoms with Crippen LogP contribution in [0.5, 0.6) is 0 Å². The Kier molecular flexibility index (Phi) is 3.91. The molecule has 0 radical (unpaired) electrons. The second-order valence-electron chi connectivity index (χ2n) is 4.38. The number of hydrogen-bond donors (Lipinski definition) is 0. The lowest BCUT2D eigenvalue weighted by atomic mass is 10.1. The third kappa shape index (κ3) is 3.41. The minimum atomic E-state index is -0.216. The van der Waals surface area contributed by atoms with Crippen molar-refractivity contribution in [3.63, 3.8) is 0 Å². The number of rotatable bonds is 4. The molecule has 1 atom stereocenters. The molecule has 90 valence electrons. The predicted molar refractivity (Wildman–Crippen MR) is 63.5 cm³/mol. The molecule has 1 aliphatic carbocycles. The number of carbonyl (C=O) groups excluding carboxylic acids is 2. The number of Topliss-reactive ketones (excluding diaryl/α,β-unsaturated/α-hetero) is 1. The second kappa shape index (κ2) is 5.62. The van der Waals surface area contributed by atoms with Crippen molar-refractivity contribution in [1.82, 2.24) is 0 Å². The van der Waals surface area contributed by atoms with Crippen molar-refractivity contribution < 1.29 is 14.3 Å². The summed E-state index contributed by atoms with van der Waals surface area (Å²) in [5, 5.41) is 0. The van der Waals surface area contributed by atoms with E-state index in [0.29, 0.717) is 25.9 Å². The van der Waals surface area contributed by atoms with Crippen molar-refractivity contribution in [2.24, 2.45) is 5.92 Å². The van der Waals surface area contributed by atoms with E-state index in [1.807, 2.05) is 30.3 Å². The van der Waals surface area contributed by atoms with E-state index < -0.39 is 0 Å².